The number of amides is 1. The second-order valence-electron chi connectivity index (χ2n) is 4.06. The van der Waals surface area contributed by atoms with Gasteiger partial charge in [0.1, 0.15) is 5.82 Å². The maximum absolute atomic E-state index is 11.7. The van der Waals surface area contributed by atoms with Gasteiger partial charge in [-0.1, -0.05) is 30.3 Å². The molecule has 2 aromatic rings. The lowest BCUT2D eigenvalue weighted by Gasteiger charge is -2.04. The van der Waals surface area contributed by atoms with Gasteiger partial charge in [0, 0.05) is 18.7 Å². The van der Waals surface area contributed by atoms with Crippen LogP contribution in [-0.2, 0) is 4.79 Å². The number of H-pyrrole nitrogens is 1. The molecule has 0 spiro atoms. The first-order chi connectivity index (χ1) is 8.59. The predicted octanol–water partition coefficient (Wildman–Crippen LogP) is 2.84. The normalized spacial score (nSPS) is 10.1. The van der Waals surface area contributed by atoms with Crippen molar-refractivity contribution < 1.29 is 9.59 Å². The van der Waals surface area contributed by atoms with E-state index in [1.54, 1.807) is 6.20 Å². The van der Waals surface area contributed by atoms with Crippen LogP contribution in [0.2, 0.25) is 0 Å². The lowest BCUT2D eigenvalue weighted by atomic mass is 10.0. The highest BCUT2D eigenvalue weighted by Crippen LogP contribution is 2.29. The number of anilines is 1. The van der Waals surface area contributed by atoms with Gasteiger partial charge in [-0.05, 0) is 12.5 Å². The number of ketones is 1. The van der Waals surface area contributed by atoms with E-state index < -0.39 is 0 Å². The minimum Gasteiger partial charge on any atom is -0.347 e. The number of Topliss-reactive ketones (excluding diaryl/α,β-unsaturated/α-hetero) is 1. The number of benzene rings is 1. The zero-order chi connectivity index (χ0) is 13.1. The van der Waals surface area contributed by atoms with Gasteiger partial charge in [-0.25, -0.2) is 0 Å². The molecule has 92 valence electrons. The standard InChI is InChI=1S/C14H14N2O2/c1-9(17)13-12(11-6-4-3-5-7-11)8-15-14(13)16-10(2)18/h3-8,15H,1-2H3,(H,16,18). The van der Waals surface area contributed by atoms with Gasteiger partial charge < -0.3 is 10.3 Å². The summed E-state index contributed by atoms with van der Waals surface area (Å²) in [6.45, 7) is 2.90. The van der Waals surface area contributed by atoms with Gasteiger partial charge >= 0.3 is 0 Å². The van der Waals surface area contributed by atoms with Gasteiger partial charge in [0.2, 0.25) is 5.91 Å². The Hall–Kier alpha value is -2.36. The van der Waals surface area contributed by atoms with E-state index in [9.17, 15) is 9.59 Å². The number of carbonyl (C=O) groups is 2. The van der Waals surface area contributed by atoms with E-state index in [-0.39, 0.29) is 11.7 Å². The van der Waals surface area contributed by atoms with Crippen LogP contribution in [0, 0.1) is 0 Å². The molecule has 0 bridgehead atoms. The van der Waals surface area contributed by atoms with Crippen LogP contribution in [0.1, 0.15) is 24.2 Å². The molecule has 2 rings (SSSR count). The third-order valence-corrected chi connectivity index (χ3v) is 2.62. The summed E-state index contributed by atoms with van der Waals surface area (Å²) in [4.78, 5) is 25.8. The van der Waals surface area contributed by atoms with Crippen molar-refractivity contribution >= 4 is 17.5 Å². The molecule has 0 aliphatic rings. The number of nitrogens with one attached hydrogen (secondary N) is 2. The quantitative estimate of drug-likeness (QED) is 0.813. The minimum atomic E-state index is -0.209. The fourth-order valence-corrected chi connectivity index (χ4v) is 1.91. The van der Waals surface area contributed by atoms with Crippen molar-refractivity contribution in [2.45, 2.75) is 13.8 Å². The van der Waals surface area contributed by atoms with E-state index in [4.69, 9.17) is 0 Å². The topological polar surface area (TPSA) is 62.0 Å². The van der Waals surface area contributed by atoms with E-state index in [2.05, 4.69) is 10.3 Å². The van der Waals surface area contributed by atoms with Crippen molar-refractivity contribution in [1.29, 1.82) is 0 Å². The van der Waals surface area contributed by atoms with Crippen LogP contribution >= 0.6 is 0 Å². The van der Waals surface area contributed by atoms with Crippen LogP contribution in [0.15, 0.2) is 36.5 Å². The largest absolute Gasteiger partial charge is 0.347 e. The van der Waals surface area contributed by atoms with Crippen molar-refractivity contribution in [2.24, 2.45) is 0 Å². The molecule has 0 saturated carbocycles. The van der Waals surface area contributed by atoms with E-state index in [1.807, 2.05) is 30.3 Å². The molecule has 0 aliphatic heterocycles. The van der Waals surface area contributed by atoms with E-state index in [0.29, 0.717) is 11.4 Å². The van der Waals surface area contributed by atoms with Crippen LogP contribution in [-0.4, -0.2) is 16.7 Å². The molecule has 1 aromatic heterocycles. The minimum absolute atomic E-state index is 0.0844. The van der Waals surface area contributed by atoms with Crippen molar-refractivity contribution in [1.82, 2.24) is 4.98 Å². The molecule has 0 aliphatic carbocycles. The first kappa shape index (κ1) is 12.1. The molecule has 0 atom stereocenters. The van der Waals surface area contributed by atoms with Crippen LogP contribution in [0.4, 0.5) is 5.82 Å². The summed E-state index contributed by atoms with van der Waals surface area (Å²) in [6.07, 6.45) is 1.73. The van der Waals surface area contributed by atoms with Gasteiger partial charge in [-0.2, -0.15) is 0 Å². The van der Waals surface area contributed by atoms with Gasteiger partial charge in [0.05, 0.1) is 5.56 Å². The fourth-order valence-electron chi connectivity index (χ4n) is 1.91. The molecule has 4 nitrogen and oxygen atoms in total. The predicted molar refractivity (Wildman–Crippen MR) is 70.5 cm³/mol. The number of rotatable bonds is 3. The summed E-state index contributed by atoms with van der Waals surface area (Å²) >= 11 is 0. The Balaban J connectivity index is 2.52. The highest BCUT2D eigenvalue weighted by molar-refractivity contribution is 6.08. The molecular weight excluding hydrogens is 228 g/mol. The molecule has 0 saturated heterocycles. The Morgan fingerprint density at radius 1 is 1.11 bits per heavy atom. The number of hydrogen-bond acceptors (Lipinski definition) is 2. The Morgan fingerprint density at radius 2 is 1.78 bits per heavy atom. The van der Waals surface area contributed by atoms with Gasteiger partial charge in [-0.3, -0.25) is 9.59 Å². The summed E-state index contributed by atoms with van der Waals surface area (Å²) in [5.74, 6) is 0.159. The maximum Gasteiger partial charge on any atom is 0.222 e. The molecule has 18 heavy (non-hydrogen) atoms. The molecule has 0 unspecified atom stereocenters. The lowest BCUT2D eigenvalue weighted by Crippen LogP contribution is -2.09. The van der Waals surface area contributed by atoms with Crippen LogP contribution in [0.5, 0.6) is 0 Å². The van der Waals surface area contributed by atoms with Crippen LogP contribution in [0.25, 0.3) is 11.1 Å². The molecule has 4 heteroatoms. The molecule has 1 heterocycles. The monoisotopic (exact) mass is 242 g/mol. The van der Waals surface area contributed by atoms with E-state index in [0.717, 1.165) is 11.1 Å². The SMILES string of the molecule is CC(=O)Nc1[nH]cc(-c2ccccc2)c1C(C)=O. The molecule has 2 N–H and O–H groups in total. The molecule has 1 aromatic carbocycles. The van der Waals surface area contributed by atoms with Gasteiger partial charge in [0.15, 0.2) is 5.78 Å². The van der Waals surface area contributed by atoms with Gasteiger partial charge in [0.25, 0.3) is 0 Å². The maximum atomic E-state index is 11.7. The highest BCUT2D eigenvalue weighted by Gasteiger charge is 2.17. The zero-order valence-corrected chi connectivity index (χ0v) is 10.3. The molecule has 0 fully saturated rings. The third-order valence-electron chi connectivity index (χ3n) is 2.62. The Labute approximate surface area is 105 Å². The average molecular weight is 242 g/mol. The second kappa shape index (κ2) is 4.87. The lowest BCUT2D eigenvalue weighted by molar-refractivity contribution is -0.114. The van der Waals surface area contributed by atoms with E-state index >= 15 is 0 Å². The van der Waals surface area contributed by atoms with Crippen LogP contribution < -0.4 is 5.32 Å². The number of aromatic nitrogens is 1. The summed E-state index contributed by atoms with van der Waals surface area (Å²) in [7, 11) is 0. The first-order valence-electron chi connectivity index (χ1n) is 5.65. The van der Waals surface area contributed by atoms with Gasteiger partial charge in [-0.15, -0.1) is 0 Å². The Bertz CT molecular complexity index is 585. The van der Waals surface area contributed by atoms with E-state index in [1.165, 1.54) is 13.8 Å². The highest BCUT2D eigenvalue weighted by atomic mass is 16.1. The van der Waals surface area contributed by atoms with Crippen molar-refractivity contribution in [3.63, 3.8) is 0 Å². The number of hydrogen-bond donors (Lipinski definition) is 2. The average Bonchev–Trinajstić information content (AvgIpc) is 2.73. The smallest absolute Gasteiger partial charge is 0.222 e. The summed E-state index contributed by atoms with van der Waals surface area (Å²) in [6, 6.07) is 9.58. The second-order valence-corrected chi connectivity index (χ2v) is 4.06. The Kier molecular flexibility index (Phi) is 3.28. The molecule has 1 amide bonds. The van der Waals surface area contributed by atoms with Crippen molar-refractivity contribution in [2.75, 3.05) is 5.32 Å². The summed E-state index contributed by atoms with van der Waals surface area (Å²) in [5.41, 5.74) is 2.25. The molecular formula is C14H14N2O2. The molecule has 0 radical (unpaired) electrons. The Morgan fingerprint density at radius 3 is 2.33 bits per heavy atom. The number of aromatic amines is 1. The zero-order valence-electron chi connectivity index (χ0n) is 10.3. The third kappa shape index (κ3) is 2.32. The van der Waals surface area contributed by atoms with Crippen molar-refractivity contribution in [3.05, 3.63) is 42.1 Å². The number of carbonyl (C=O) groups excluding carboxylic acids is 2. The summed E-state index contributed by atoms with van der Waals surface area (Å²) < 4.78 is 0. The summed E-state index contributed by atoms with van der Waals surface area (Å²) in [5, 5.41) is 2.63. The fraction of sp³-hybridized carbons (Fsp3) is 0.143. The first-order valence-corrected chi connectivity index (χ1v) is 5.65. The van der Waals surface area contributed by atoms with Crippen LogP contribution in [0.3, 0.4) is 0 Å². The van der Waals surface area contributed by atoms with Crippen molar-refractivity contribution in [3.8, 4) is 11.1 Å².